The molecule has 1 saturated heterocycles. The number of phenols is 1. The molecule has 1 aliphatic rings. The van der Waals surface area contributed by atoms with Gasteiger partial charge in [-0.05, 0) is 42.3 Å². The summed E-state index contributed by atoms with van der Waals surface area (Å²) in [6.07, 6.45) is 1.77. The van der Waals surface area contributed by atoms with E-state index >= 15 is 0 Å². The molecule has 2 aromatic carbocycles. The van der Waals surface area contributed by atoms with Crippen LogP contribution in [0.15, 0.2) is 55.1 Å². The Bertz CT molecular complexity index is 866. The average molecular weight is 354 g/mol. The number of nitrogens with one attached hydrogen (secondary N) is 1. The number of carbonyl (C=O) groups is 2. The van der Waals surface area contributed by atoms with Crippen LogP contribution in [0.25, 0.3) is 0 Å². The molecule has 5 nitrogen and oxygen atoms in total. The SMILES string of the molecule is C=CC(=O)Nc1ccc(O)c(C(=O)N2CCC(c3ccccc3F)C2)c1. The summed E-state index contributed by atoms with van der Waals surface area (Å²) in [6.45, 7) is 4.22. The summed E-state index contributed by atoms with van der Waals surface area (Å²) in [4.78, 5) is 25.8. The fourth-order valence-corrected chi connectivity index (χ4v) is 3.15. The van der Waals surface area contributed by atoms with Crippen LogP contribution in [-0.2, 0) is 4.79 Å². The summed E-state index contributed by atoms with van der Waals surface area (Å²) in [5.74, 6) is -1.28. The highest BCUT2D eigenvalue weighted by Crippen LogP contribution is 2.31. The highest BCUT2D eigenvalue weighted by Gasteiger charge is 2.30. The van der Waals surface area contributed by atoms with Crippen molar-refractivity contribution in [1.82, 2.24) is 4.90 Å². The Kier molecular flexibility index (Phi) is 5.02. The second-order valence-corrected chi connectivity index (χ2v) is 6.18. The third-order valence-corrected chi connectivity index (χ3v) is 4.50. The van der Waals surface area contributed by atoms with Gasteiger partial charge in [-0.3, -0.25) is 9.59 Å². The van der Waals surface area contributed by atoms with E-state index in [2.05, 4.69) is 11.9 Å². The molecule has 0 radical (unpaired) electrons. The minimum atomic E-state index is -0.408. The molecule has 1 unspecified atom stereocenters. The smallest absolute Gasteiger partial charge is 0.257 e. The van der Waals surface area contributed by atoms with Crippen LogP contribution in [0.3, 0.4) is 0 Å². The number of phenolic OH excluding ortho intramolecular Hbond substituents is 1. The van der Waals surface area contributed by atoms with Crippen LogP contribution in [0.1, 0.15) is 28.3 Å². The Hall–Kier alpha value is -3.15. The molecule has 0 aromatic heterocycles. The highest BCUT2D eigenvalue weighted by atomic mass is 19.1. The normalized spacial score (nSPS) is 16.3. The van der Waals surface area contributed by atoms with Crippen molar-refractivity contribution in [3.8, 4) is 5.75 Å². The molecule has 1 aliphatic heterocycles. The number of hydrogen-bond acceptors (Lipinski definition) is 3. The van der Waals surface area contributed by atoms with Crippen molar-refractivity contribution in [3.63, 3.8) is 0 Å². The summed E-state index contributed by atoms with van der Waals surface area (Å²) in [6, 6.07) is 10.8. The van der Waals surface area contributed by atoms with E-state index in [1.165, 1.54) is 24.3 Å². The maximum Gasteiger partial charge on any atom is 0.257 e. The average Bonchev–Trinajstić information content (AvgIpc) is 3.13. The molecule has 26 heavy (non-hydrogen) atoms. The number of hydrogen-bond donors (Lipinski definition) is 2. The predicted octanol–water partition coefficient (Wildman–Crippen LogP) is 3.29. The maximum atomic E-state index is 14.0. The molecule has 2 aromatic rings. The summed E-state index contributed by atoms with van der Waals surface area (Å²) in [7, 11) is 0. The van der Waals surface area contributed by atoms with Crippen LogP contribution in [0, 0.1) is 5.82 Å². The summed E-state index contributed by atoms with van der Waals surface area (Å²) < 4.78 is 14.0. The molecule has 134 valence electrons. The van der Waals surface area contributed by atoms with Crippen LogP contribution >= 0.6 is 0 Å². The van der Waals surface area contributed by atoms with Gasteiger partial charge < -0.3 is 15.3 Å². The van der Waals surface area contributed by atoms with E-state index in [0.29, 0.717) is 30.8 Å². The van der Waals surface area contributed by atoms with Gasteiger partial charge in [0.05, 0.1) is 5.56 Å². The summed E-state index contributed by atoms with van der Waals surface area (Å²) >= 11 is 0. The van der Waals surface area contributed by atoms with E-state index < -0.39 is 5.91 Å². The standard InChI is InChI=1S/C20H19FN2O3/c1-2-19(25)22-14-7-8-18(24)16(11-14)20(26)23-10-9-13(12-23)15-5-3-4-6-17(15)21/h2-8,11,13,24H,1,9-10,12H2,(H,22,25). The van der Waals surface area contributed by atoms with Gasteiger partial charge in [0.2, 0.25) is 5.91 Å². The van der Waals surface area contributed by atoms with Crippen molar-refractivity contribution in [2.24, 2.45) is 0 Å². The van der Waals surface area contributed by atoms with Gasteiger partial charge in [0.1, 0.15) is 11.6 Å². The lowest BCUT2D eigenvalue weighted by Gasteiger charge is -2.18. The van der Waals surface area contributed by atoms with E-state index in [1.54, 1.807) is 23.1 Å². The third-order valence-electron chi connectivity index (χ3n) is 4.50. The number of aromatic hydroxyl groups is 1. The fraction of sp³-hybridized carbons (Fsp3) is 0.200. The molecule has 1 fully saturated rings. The Labute approximate surface area is 150 Å². The van der Waals surface area contributed by atoms with E-state index in [4.69, 9.17) is 0 Å². The minimum Gasteiger partial charge on any atom is -0.507 e. The number of carbonyl (C=O) groups excluding carboxylic acids is 2. The lowest BCUT2D eigenvalue weighted by Crippen LogP contribution is -2.28. The number of halogens is 1. The van der Waals surface area contributed by atoms with Gasteiger partial charge in [-0.25, -0.2) is 4.39 Å². The molecule has 0 bridgehead atoms. The van der Waals surface area contributed by atoms with E-state index in [1.807, 2.05) is 0 Å². The van der Waals surface area contributed by atoms with Crippen molar-refractivity contribution >= 4 is 17.5 Å². The highest BCUT2D eigenvalue weighted by molar-refractivity contribution is 6.02. The van der Waals surface area contributed by atoms with Crippen LogP contribution in [0.5, 0.6) is 5.75 Å². The van der Waals surface area contributed by atoms with Crippen LogP contribution in [-0.4, -0.2) is 34.9 Å². The zero-order valence-electron chi connectivity index (χ0n) is 14.1. The van der Waals surface area contributed by atoms with Crippen molar-refractivity contribution in [3.05, 3.63) is 72.1 Å². The lowest BCUT2D eigenvalue weighted by atomic mass is 9.98. The van der Waals surface area contributed by atoms with E-state index in [0.717, 1.165) is 6.08 Å². The second-order valence-electron chi connectivity index (χ2n) is 6.18. The molecule has 1 atom stereocenters. The van der Waals surface area contributed by atoms with Crippen LogP contribution in [0.2, 0.25) is 0 Å². The van der Waals surface area contributed by atoms with Gasteiger partial charge in [-0.2, -0.15) is 0 Å². The first kappa shape index (κ1) is 17.7. The van der Waals surface area contributed by atoms with Gasteiger partial charge in [-0.1, -0.05) is 24.8 Å². The van der Waals surface area contributed by atoms with E-state index in [9.17, 15) is 19.1 Å². The quantitative estimate of drug-likeness (QED) is 0.654. The topological polar surface area (TPSA) is 69.6 Å². The summed E-state index contributed by atoms with van der Waals surface area (Å²) in [5.41, 5.74) is 1.08. The molecule has 3 rings (SSSR count). The molecule has 6 heteroatoms. The number of likely N-dealkylation sites (tertiary alicyclic amines) is 1. The predicted molar refractivity (Wildman–Crippen MR) is 96.6 cm³/mol. The Morgan fingerprint density at radius 1 is 1.27 bits per heavy atom. The Morgan fingerprint density at radius 3 is 2.77 bits per heavy atom. The number of benzene rings is 2. The number of rotatable bonds is 4. The van der Waals surface area contributed by atoms with E-state index in [-0.39, 0.29) is 29.0 Å². The molecule has 0 spiro atoms. The molecular weight excluding hydrogens is 335 g/mol. The van der Waals surface area contributed by atoms with Crippen LogP contribution in [0.4, 0.5) is 10.1 Å². The van der Waals surface area contributed by atoms with Gasteiger partial charge in [-0.15, -0.1) is 0 Å². The van der Waals surface area contributed by atoms with Crippen molar-refractivity contribution in [1.29, 1.82) is 0 Å². The number of nitrogens with zero attached hydrogens (tertiary/aromatic N) is 1. The maximum absolute atomic E-state index is 14.0. The van der Waals surface area contributed by atoms with Crippen molar-refractivity contribution < 1.29 is 19.1 Å². The monoisotopic (exact) mass is 354 g/mol. The molecule has 2 N–H and O–H groups in total. The Balaban J connectivity index is 1.78. The van der Waals surface area contributed by atoms with Crippen molar-refractivity contribution in [2.75, 3.05) is 18.4 Å². The number of anilines is 1. The summed E-state index contributed by atoms with van der Waals surface area (Å²) in [5, 5.41) is 12.6. The largest absolute Gasteiger partial charge is 0.507 e. The first-order valence-corrected chi connectivity index (χ1v) is 8.29. The zero-order valence-corrected chi connectivity index (χ0v) is 14.1. The molecule has 0 saturated carbocycles. The van der Waals surface area contributed by atoms with Gasteiger partial charge in [0, 0.05) is 24.7 Å². The zero-order chi connectivity index (χ0) is 18.7. The van der Waals surface area contributed by atoms with Gasteiger partial charge in [0.25, 0.3) is 5.91 Å². The molecule has 0 aliphatic carbocycles. The minimum absolute atomic E-state index is 0.0778. The molecule has 1 heterocycles. The van der Waals surface area contributed by atoms with Crippen LogP contribution < -0.4 is 5.32 Å². The van der Waals surface area contributed by atoms with Crippen molar-refractivity contribution in [2.45, 2.75) is 12.3 Å². The van der Waals surface area contributed by atoms with Gasteiger partial charge in [0.15, 0.2) is 0 Å². The Morgan fingerprint density at radius 2 is 2.04 bits per heavy atom. The first-order chi connectivity index (χ1) is 12.5. The first-order valence-electron chi connectivity index (χ1n) is 8.29. The fourth-order valence-electron chi connectivity index (χ4n) is 3.15. The number of amides is 2. The second kappa shape index (κ2) is 7.39. The van der Waals surface area contributed by atoms with Gasteiger partial charge >= 0.3 is 0 Å². The molecule has 2 amide bonds. The third kappa shape index (κ3) is 3.59. The lowest BCUT2D eigenvalue weighted by molar-refractivity contribution is -0.111. The molecular formula is C20H19FN2O3.